The molecule has 1 aliphatic heterocycles. The third kappa shape index (κ3) is 3.55. The Labute approximate surface area is 158 Å². The number of anilines is 1. The summed E-state index contributed by atoms with van der Waals surface area (Å²) >= 11 is 1.61. The molecule has 1 heterocycles. The lowest BCUT2D eigenvalue weighted by molar-refractivity contribution is 0.931. The number of hydrogen-bond acceptors (Lipinski definition) is 4. The van der Waals surface area contributed by atoms with E-state index in [0.717, 1.165) is 26.9 Å². The lowest BCUT2D eigenvalue weighted by Crippen LogP contribution is -2.20. The molecule has 0 atom stereocenters. The molecule has 128 valence electrons. The summed E-state index contributed by atoms with van der Waals surface area (Å²) in [6.07, 6.45) is 0. The van der Waals surface area contributed by atoms with Gasteiger partial charge in [0.15, 0.2) is 0 Å². The summed E-state index contributed by atoms with van der Waals surface area (Å²) in [4.78, 5) is 0. The first-order valence-corrected chi connectivity index (χ1v) is 9.35. The van der Waals surface area contributed by atoms with Crippen molar-refractivity contribution >= 4 is 27.5 Å². The van der Waals surface area contributed by atoms with Crippen LogP contribution in [0.25, 0.3) is 0 Å². The van der Waals surface area contributed by atoms with Gasteiger partial charge in [0.2, 0.25) is 0 Å². The quantitative estimate of drug-likeness (QED) is 0.612. The van der Waals surface area contributed by atoms with Crippen LogP contribution in [0.5, 0.6) is 0 Å². The average Bonchev–Trinajstić information content (AvgIpc) is 2.69. The molecule has 3 aromatic carbocycles. The fourth-order valence-corrected chi connectivity index (χ4v) is 3.56. The first-order chi connectivity index (χ1) is 12.7. The fourth-order valence-electron chi connectivity index (χ4n) is 2.63. The van der Waals surface area contributed by atoms with Crippen molar-refractivity contribution in [3.05, 3.63) is 101 Å². The SMILES string of the molecule is Cc1ccc(C2=NN(c3ccccc3)N=C(c3ccc(C)cc3)S2)cc1. The van der Waals surface area contributed by atoms with Crippen LogP contribution in [0, 0.1) is 13.8 Å². The first-order valence-electron chi connectivity index (χ1n) is 8.53. The third-order valence-electron chi connectivity index (χ3n) is 4.15. The molecule has 0 N–H and O–H groups in total. The molecule has 0 aliphatic carbocycles. The van der Waals surface area contributed by atoms with Crippen molar-refractivity contribution in [1.82, 2.24) is 0 Å². The van der Waals surface area contributed by atoms with Gasteiger partial charge >= 0.3 is 0 Å². The molecule has 0 saturated carbocycles. The Kier molecular flexibility index (Phi) is 4.59. The highest BCUT2D eigenvalue weighted by Crippen LogP contribution is 2.28. The number of hydrogen-bond donors (Lipinski definition) is 0. The summed E-state index contributed by atoms with van der Waals surface area (Å²) < 4.78 is 0. The second-order valence-corrected chi connectivity index (χ2v) is 7.25. The Morgan fingerprint density at radius 3 is 1.54 bits per heavy atom. The topological polar surface area (TPSA) is 28.0 Å². The second-order valence-electron chi connectivity index (χ2n) is 6.27. The Balaban J connectivity index is 1.76. The second kappa shape index (κ2) is 7.18. The van der Waals surface area contributed by atoms with Gasteiger partial charge in [-0.2, -0.15) is 0 Å². The minimum Gasteiger partial charge on any atom is -0.149 e. The Morgan fingerprint density at radius 2 is 1.08 bits per heavy atom. The Morgan fingerprint density at radius 1 is 0.615 bits per heavy atom. The zero-order valence-electron chi connectivity index (χ0n) is 14.8. The fraction of sp³-hybridized carbons (Fsp3) is 0.0909. The van der Waals surface area contributed by atoms with Crippen LogP contribution in [0.3, 0.4) is 0 Å². The van der Waals surface area contributed by atoms with Crippen LogP contribution in [0.4, 0.5) is 5.69 Å². The first kappa shape index (κ1) is 16.6. The molecule has 1 aliphatic rings. The maximum atomic E-state index is 4.77. The third-order valence-corrected chi connectivity index (χ3v) is 5.17. The van der Waals surface area contributed by atoms with Crippen LogP contribution in [0.1, 0.15) is 22.3 Å². The molecule has 0 spiro atoms. The number of aryl methyl sites for hydroxylation is 2. The summed E-state index contributed by atoms with van der Waals surface area (Å²) in [6.45, 7) is 4.18. The standard InChI is InChI=1S/C22H19N3S/c1-16-8-12-18(13-9-16)21-23-25(20-6-4-3-5-7-20)24-22(26-21)19-14-10-17(2)11-15-19/h3-15H,1-2H3. The van der Waals surface area contributed by atoms with E-state index in [1.165, 1.54) is 11.1 Å². The molecule has 0 bridgehead atoms. The summed E-state index contributed by atoms with van der Waals surface area (Å²) in [5, 5.41) is 13.2. The minimum atomic E-state index is 0.944. The molecule has 0 aromatic heterocycles. The van der Waals surface area contributed by atoms with Gasteiger partial charge in [-0.3, -0.25) is 0 Å². The molecule has 0 unspecified atom stereocenters. The Bertz CT molecular complexity index is 897. The van der Waals surface area contributed by atoms with Gasteiger partial charge in [-0.25, -0.2) is 0 Å². The van der Waals surface area contributed by atoms with Crippen molar-refractivity contribution in [2.75, 3.05) is 5.12 Å². The van der Waals surface area contributed by atoms with Gasteiger partial charge in [-0.15, -0.1) is 15.3 Å². The van der Waals surface area contributed by atoms with Crippen LogP contribution in [0.2, 0.25) is 0 Å². The van der Waals surface area contributed by atoms with Crippen LogP contribution >= 0.6 is 11.8 Å². The predicted octanol–water partition coefficient (Wildman–Crippen LogP) is 5.58. The van der Waals surface area contributed by atoms with Crippen molar-refractivity contribution in [2.45, 2.75) is 13.8 Å². The van der Waals surface area contributed by atoms with E-state index in [0.29, 0.717) is 0 Å². The van der Waals surface area contributed by atoms with Crippen LogP contribution in [0.15, 0.2) is 89.1 Å². The molecule has 4 rings (SSSR count). The average molecular weight is 357 g/mol. The van der Waals surface area contributed by atoms with Crippen molar-refractivity contribution in [2.24, 2.45) is 10.2 Å². The van der Waals surface area contributed by atoms with Crippen molar-refractivity contribution < 1.29 is 0 Å². The predicted molar refractivity (Wildman–Crippen MR) is 112 cm³/mol. The number of nitrogens with zero attached hydrogens (tertiary/aromatic N) is 3. The van der Waals surface area contributed by atoms with Crippen molar-refractivity contribution in [3.8, 4) is 0 Å². The smallest absolute Gasteiger partial charge is 0.132 e. The van der Waals surface area contributed by atoms with Crippen LogP contribution < -0.4 is 5.12 Å². The van der Waals surface area contributed by atoms with Crippen molar-refractivity contribution in [1.29, 1.82) is 0 Å². The van der Waals surface area contributed by atoms with E-state index in [-0.39, 0.29) is 0 Å². The monoisotopic (exact) mass is 357 g/mol. The van der Waals surface area contributed by atoms with E-state index in [9.17, 15) is 0 Å². The number of benzene rings is 3. The molecule has 26 heavy (non-hydrogen) atoms. The summed E-state index contributed by atoms with van der Waals surface area (Å²) in [6, 6.07) is 26.9. The normalized spacial score (nSPS) is 14.0. The van der Waals surface area contributed by atoms with Gasteiger partial charge in [-0.05, 0) is 37.7 Å². The minimum absolute atomic E-state index is 0.944. The molecule has 3 nitrogen and oxygen atoms in total. The summed E-state index contributed by atoms with van der Waals surface area (Å²) in [5.41, 5.74) is 5.62. The van der Waals surface area contributed by atoms with Gasteiger partial charge < -0.3 is 0 Å². The Hall–Kier alpha value is -2.85. The molecule has 0 radical (unpaired) electrons. The molecule has 0 amide bonds. The highest BCUT2D eigenvalue weighted by atomic mass is 32.2. The lowest BCUT2D eigenvalue weighted by atomic mass is 10.2. The summed E-state index contributed by atoms with van der Waals surface area (Å²) in [7, 11) is 0. The van der Waals surface area contributed by atoms with Gasteiger partial charge in [0.05, 0.1) is 5.69 Å². The van der Waals surface area contributed by atoms with Gasteiger partial charge in [0, 0.05) is 11.1 Å². The maximum Gasteiger partial charge on any atom is 0.132 e. The molecular formula is C22H19N3S. The number of hydrazone groups is 2. The van der Waals surface area contributed by atoms with Gasteiger partial charge in [0.25, 0.3) is 0 Å². The van der Waals surface area contributed by atoms with E-state index in [1.54, 1.807) is 16.9 Å². The van der Waals surface area contributed by atoms with Gasteiger partial charge in [0.1, 0.15) is 10.1 Å². The molecule has 0 saturated heterocycles. The largest absolute Gasteiger partial charge is 0.149 e. The molecular weight excluding hydrogens is 338 g/mol. The van der Waals surface area contributed by atoms with E-state index >= 15 is 0 Å². The van der Waals surface area contributed by atoms with Crippen LogP contribution in [-0.4, -0.2) is 10.1 Å². The number of para-hydroxylation sites is 1. The molecule has 3 aromatic rings. The highest BCUT2D eigenvalue weighted by molar-refractivity contribution is 8.27. The van der Waals surface area contributed by atoms with E-state index in [4.69, 9.17) is 10.2 Å². The van der Waals surface area contributed by atoms with Crippen molar-refractivity contribution in [3.63, 3.8) is 0 Å². The summed E-state index contributed by atoms with van der Waals surface area (Å²) in [5.74, 6) is 0. The number of thioether (sulfide) groups is 1. The lowest BCUT2D eigenvalue weighted by Gasteiger charge is -2.22. The highest BCUT2D eigenvalue weighted by Gasteiger charge is 2.20. The zero-order valence-corrected chi connectivity index (χ0v) is 15.6. The molecule has 0 fully saturated rings. The maximum absolute atomic E-state index is 4.77. The molecule has 4 heteroatoms. The van der Waals surface area contributed by atoms with E-state index < -0.39 is 0 Å². The van der Waals surface area contributed by atoms with Gasteiger partial charge in [-0.1, -0.05) is 77.9 Å². The van der Waals surface area contributed by atoms with E-state index in [2.05, 4.69) is 62.4 Å². The zero-order chi connectivity index (χ0) is 17.9. The van der Waals surface area contributed by atoms with Crippen LogP contribution in [-0.2, 0) is 0 Å². The van der Waals surface area contributed by atoms with E-state index in [1.807, 2.05) is 30.3 Å². The number of rotatable bonds is 3.